The van der Waals surface area contributed by atoms with Gasteiger partial charge in [-0.25, -0.2) is 0 Å². The standard InChI is InChI=1S/C24H25NO/c1-16-8-9-20-13-21(11-10-19(20)12-16)23-14-22(23)15-25-24(17(2)26)18-6-4-3-5-7-18/h3-7,10-11,13-14,22,24-25H,1,8-9,12,15H2,2H3. The second-order valence-corrected chi connectivity index (χ2v) is 7.50. The van der Waals surface area contributed by atoms with E-state index in [4.69, 9.17) is 0 Å². The first kappa shape index (κ1) is 17.0. The van der Waals surface area contributed by atoms with Crippen molar-refractivity contribution in [2.24, 2.45) is 5.92 Å². The van der Waals surface area contributed by atoms with Gasteiger partial charge in [0.1, 0.15) is 0 Å². The van der Waals surface area contributed by atoms with Crippen molar-refractivity contribution in [1.29, 1.82) is 0 Å². The Morgan fingerprint density at radius 2 is 1.96 bits per heavy atom. The minimum Gasteiger partial charge on any atom is -0.303 e. The molecule has 2 unspecified atom stereocenters. The van der Waals surface area contributed by atoms with Crippen molar-refractivity contribution < 1.29 is 4.79 Å². The zero-order chi connectivity index (χ0) is 18.1. The summed E-state index contributed by atoms with van der Waals surface area (Å²) in [7, 11) is 0. The smallest absolute Gasteiger partial charge is 0.151 e. The molecule has 0 aromatic heterocycles. The van der Waals surface area contributed by atoms with Crippen LogP contribution in [0, 0.1) is 5.92 Å². The zero-order valence-corrected chi connectivity index (χ0v) is 15.3. The summed E-state index contributed by atoms with van der Waals surface area (Å²) in [6.45, 7) is 6.59. The van der Waals surface area contributed by atoms with E-state index in [1.807, 2.05) is 30.3 Å². The summed E-state index contributed by atoms with van der Waals surface area (Å²) in [5.41, 5.74) is 8.02. The molecule has 26 heavy (non-hydrogen) atoms. The highest BCUT2D eigenvalue weighted by atomic mass is 16.1. The largest absolute Gasteiger partial charge is 0.303 e. The van der Waals surface area contributed by atoms with Gasteiger partial charge in [0.05, 0.1) is 6.04 Å². The average Bonchev–Trinajstić information content (AvgIpc) is 3.42. The van der Waals surface area contributed by atoms with Gasteiger partial charge in [-0.1, -0.05) is 66.8 Å². The molecule has 0 heterocycles. The lowest BCUT2D eigenvalue weighted by atomic mass is 9.87. The Bertz CT molecular complexity index is 878. The highest BCUT2D eigenvalue weighted by molar-refractivity contribution is 5.84. The Morgan fingerprint density at radius 3 is 2.73 bits per heavy atom. The van der Waals surface area contributed by atoms with Crippen LogP contribution >= 0.6 is 0 Å². The fraction of sp³-hybridized carbons (Fsp3) is 0.292. The number of nitrogens with one attached hydrogen (secondary N) is 1. The van der Waals surface area contributed by atoms with E-state index in [-0.39, 0.29) is 11.8 Å². The minimum absolute atomic E-state index is 0.160. The van der Waals surface area contributed by atoms with Crippen LogP contribution < -0.4 is 5.32 Å². The Morgan fingerprint density at radius 1 is 1.15 bits per heavy atom. The lowest BCUT2D eigenvalue weighted by molar-refractivity contribution is -0.119. The second kappa shape index (κ2) is 7.05. The van der Waals surface area contributed by atoms with Crippen LogP contribution in [0.25, 0.3) is 5.57 Å². The summed E-state index contributed by atoms with van der Waals surface area (Å²) in [5.74, 6) is 0.588. The van der Waals surface area contributed by atoms with Crippen LogP contribution in [0.15, 0.2) is 66.8 Å². The molecule has 0 spiro atoms. The highest BCUT2D eigenvalue weighted by Gasteiger charge is 2.28. The van der Waals surface area contributed by atoms with Gasteiger partial charge in [-0.2, -0.15) is 0 Å². The van der Waals surface area contributed by atoms with E-state index >= 15 is 0 Å². The van der Waals surface area contributed by atoms with E-state index in [0.717, 1.165) is 31.4 Å². The van der Waals surface area contributed by atoms with Crippen LogP contribution in [0.2, 0.25) is 0 Å². The van der Waals surface area contributed by atoms with Gasteiger partial charge < -0.3 is 5.32 Å². The molecular formula is C24H25NO. The number of hydrogen-bond acceptors (Lipinski definition) is 2. The van der Waals surface area contributed by atoms with Crippen molar-refractivity contribution in [3.05, 3.63) is 89.0 Å². The summed E-state index contributed by atoms with van der Waals surface area (Å²) < 4.78 is 0. The second-order valence-electron chi connectivity index (χ2n) is 7.50. The van der Waals surface area contributed by atoms with Crippen molar-refractivity contribution >= 4 is 11.4 Å². The SMILES string of the molecule is C=C1CCc2cc(C3=CC3CNC(C(C)=O)c3ccccc3)ccc2C1. The number of rotatable bonds is 6. The molecule has 2 aromatic carbocycles. The fourth-order valence-corrected chi connectivity index (χ4v) is 3.91. The third-order valence-electron chi connectivity index (χ3n) is 5.48. The van der Waals surface area contributed by atoms with Gasteiger partial charge in [0.2, 0.25) is 0 Å². The molecule has 2 aliphatic rings. The van der Waals surface area contributed by atoms with Gasteiger partial charge in [-0.3, -0.25) is 4.79 Å². The molecule has 0 radical (unpaired) electrons. The monoisotopic (exact) mass is 343 g/mol. The molecule has 2 nitrogen and oxygen atoms in total. The number of carbonyl (C=O) groups is 1. The number of fused-ring (bicyclic) bond motifs is 1. The Hall–Kier alpha value is -2.45. The summed E-state index contributed by atoms with van der Waals surface area (Å²) in [5, 5.41) is 3.45. The number of carbonyl (C=O) groups excluding carboxylic acids is 1. The molecule has 2 aliphatic carbocycles. The summed E-state index contributed by atoms with van der Waals surface area (Å²) in [6, 6.07) is 16.6. The molecular weight excluding hydrogens is 318 g/mol. The fourth-order valence-electron chi connectivity index (χ4n) is 3.91. The molecule has 0 saturated carbocycles. The molecule has 0 aliphatic heterocycles. The van der Waals surface area contributed by atoms with Gasteiger partial charge in [-0.15, -0.1) is 0 Å². The molecule has 0 bridgehead atoms. The predicted octanol–water partition coefficient (Wildman–Crippen LogP) is 4.66. The van der Waals surface area contributed by atoms with Gasteiger partial charge >= 0.3 is 0 Å². The van der Waals surface area contributed by atoms with E-state index < -0.39 is 0 Å². The topological polar surface area (TPSA) is 29.1 Å². The average molecular weight is 343 g/mol. The lowest BCUT2D eigenvalue weighted by Gasteiger charge is -2.19. The number of hydrogen-bond donors (Lipinski definition) is 1. The molecule has 2 heteroatoms. The summed E-state index contributed by atoms with van der Waals surface area (Å²) in [4.78, 5) is 12.0. The van der Waals surface area contributed by atoms with Crippen molar-refractivity contribution in [1.82, 2.24) is 5.32 Å². The zero-order valence-electron chi connectivity index (χ0n) is 15.3. The number of aryl methyl sites for hydroxylation is 1. The number of Topliss-reactive ketones (excluding diaryl/α,β-unsaturated/α-hetero) is 1. The summed E-state index contributed by atoms with van der Waals surface area (Å²) >= 11 is 0. The minimum atomic E-state index is -0.221. The van der Waals surface area contributed by atoms with Crippen molar-refractivity contribution in [2.75, 3.05) is 6.54 Å². The van der Waals surface area contributed by atoms with Gasteiger partial charge in [0, 0.05) is 12.5 Å². The summed E-state index contributed by atoms with van der Waals surface area (Å²) in [6.07, 6.45) is 5.55. The predicted molar refractivity (Wildman–Crippen MR) is 107 cm³/mol. The third-order valence-corrected chi connectivity index (χ3v) is 5.48. The van der Waals surface area contributed by atoms with Crippen molar-refractivity contribution in [3.63, 3.8) is 0 Å². The van der Waals surface area contributed by atoms with Crippen LogP contribution in [-0.2, 0) is 17.6 Å². The van der Waals surface area contributed by atoms with Gasteiger partial charge in [-0.05, 0) is 54.0 Å². The quantitative estimate of drug-likeness (QED) is 0.773. The van der Waals surface area contributed by atoms with Crippen LogP contribution in [0.5, 0.6) is 0 Å². The van der Waals surface area contributed by atoms with E-state index in [2.05, 4.69) is 36.2 Å². The molecule has 1 N–H and O–H groups in total. The Labute approximate surface area is 155 Å². The Balaban J connectivity index is 1.39. The van der Waals surface area contributed by atoms with Crippen LogP contribution in [0.1, 0.15) is 41.6 Å². The van der Waals surface area contributed by atoms with E-state index in [1.165, 1.54) is 27.8 Å². The third kappa shape index (κ3) is 3.56. The molecule has 4 rings (SSSR count). The van der Waals surface area contributed by atoms with E-state index in [1.54, 1.807) is 6.92 Å². The first-order valence-corrected chi connectivity index (χ1v) is 9.41. The van der Waals surface area contributed by atoms with E-state index in [9.17, 15) is 4.79 Å². The van der Waals surface area contributed by atoms with Crippen molar-refractivity contribution in [2.45, 2.75) is 32.2 Å². The normalized spacial score (nSPS) is 19.5. The lowest BCUT2D eigenvalue weighted by Crippen LogP contribution is -2.29. The van der Waals surface area contributed by atoms with Crippen LogP contribution in [0.3, 0.4) is 0 Å². The van der Waals surface area contributed by atoms with Crippen LogP contribution in [0.4, 0.5) is 0 Å². The molecule has 0 fully saturated rings. The molecule has 0 amide bonds. The maximum absolute atomic E-state index is 12.0. The molecule has 2 aromatic rings. The number of allylic oxidation sites excluding steroid dienone is 1. The maximum atomic E-state index is 12.0. The highest BCUT2D eigenvalue weighted by Crippen LogP contribution is 2.39. The van der Waals surface area contributed by atoms with E-state index in [0.29, 0.717) is 5.92 Å². The first-order chi connectivity index (χ1) is 12.6. The number of ketones is 1. The molecule has 0 saturated heterocycles. The molecule has 2 atom stereocenters. The van der Waals surface area contributed by atoms with Crippen molar-refractivity contribution in [3.8, 4) is 0 Å². The molecule has 132 valence electrons. The van der Waals surface area contributed by atoms with Gasteiger partial charge in [0.15, 0.2) is 5.78 Å². The van der Waals surface area contributed by atoms with Gasteiger partial charge in [0.25, 0.3) is 0 Å². The maximum Gasteiger partial charge on any atom is 0.151 e. The van der Waals surface area contributed by atoms with Crippen LogP contribution in [-0.4, -0.2) is 12.3 Å². The first-order valence-electron chi connectivity index (χ1n) is 9.41. The Kier molecular flexibility index (Phi) is 4.60. The number of benzene rings is 2.